The van der Waals surface area contributed by atoms with Crippen LogP contribution in [0.2, 0.25) is 0 Å². The zero-order valence-corrected chi connectivity index (χ0v) is 6.66. The molecular weight excluding hydrogens is 218 g/mol. The zero-order valence-electron chi connectivity index (χ0n) is 6.66. The van der Waals surface area contributed by atoms with Crippen molar-refractivity contribution in [3.63, 3.8) is 0 Å². The number of methoxy groups -OCH3 is 1. The number of ether oxygens (including phenoxy) is 1. The summed E-state index contributed by atoms with van der Waals surface area (Å²) in [7, 11) is 0.554. The standard InChI is InChI=1S/C6H4F6O2/c1-14-4(13)3(6(10,11)12)2-5(7,8)9/h2H,1H3/b3-2+. The van der Waals surface area contributed by atoms with E-state index < -0.39 is 30.0 Å². The van der Waals surface area contributed by atoms with E-state index in [4.69, 9.17) is 0 Å². The SMILES string of the molecule is COC(=O)/C(=C\C(F)(F)F)C(F)(F)F. The molecule has 0 aromatic carbocycles. The van der Waals surface area contributed by atoms with Crippen molar-refractivity contribution < 1.29 is 35.9 Å². The molecule has 0 aromatic heterocycles. The van der Waals surface area contributed by atoms with E-state index in [1.165, 1.54) is 0 Å². The Labute approximate surface area is 74.1 Å². The van der Waals surface area contributed by atoms with Gasteiger partial charge in [-0.3, -0.25) is 0 Å². The number of hydrogen-bond donors (Lipinski definition) is 0. The van der Waals surface area contributed by atoms with Gasteiger partial charge in [0.05, 0.1) is 7.11 Å². The smallest absolute Gasteiger partial charge is 0.423 e. The predicted octanol–water partition coefficient (Wildman–Crippen LogP) is 2.21. The molecule has 0 rings (SSSR count). The molecular formula is C6H4F6O2. The number of carbonyl (C=O) groups excluding carboxylic acids is 1. The van der Waals surface area contributed by atoms with Gasteiger partial charge in [-0.1, -0.05) is 0 Å². The van der Waals surface area contributed by atoms with Gasteiger partial charge in [0.15, 0.2) is 0 Å². The Morgan fingerprint density at radius 2 is 1.57 bits per heavy atom. The maximum Gasteiger partial charge on any atom is 0.423 e. The molecule has 0 heterocycles. The quantitative estimate of drug-likeness (QED) is 0.386. The van der Waals surface area contributed by atoms with Crippen LogP contribution >= 0.6 is 0 Å². The lowest BCUT2D eigenvalue weighted by atomic mass is 10.2. The summed E-state index contributed by atoms with van der Waals surface area (Å²) in [4.78, 5) is 10.3. The highest BCUT2D eigenvalue weighted by atomic mass is 19.4. The van der Waals surface area contributed by atoms with Gasteiger partial charge in [0.1, 0.15) is 5.57 Å². The van der Waals surface area contributed by atoms with Crippen molar-refractivity contribution in [1.29, 1.82) is 0 Å². The minimum atomic E-state index is -5.39. The third kappa shape index (κ3) is 4.15. The van der Waals surface area contributed by atoms with Crippen molar-refractivity contribution in [2.24, 2.45) is 0 Å². The number of carbonyl (C=O) groups is 1. The van der Waals surface area contributed by atoms with Crippen LogP contribution in [0.15, 0.2) is 11.6 Å². The third-order valence-corrected chi connectivity index (χ3v) is 1.02. The van der Waals surface area contributed by atoms with Gasteiger partial charge in [0.2, 0.25) is 0 Å². The maximum atomic E-state index is 11.8. The lowest BCUT2D eigenvalue weighted by Crippen LogP contribution is -2.23. The molecule has 0 fully saturated rings. The number of esters is 1. The zero-order chi connectivity index (χ0) is 11.6. The molecule has 0 amide bonds. The number of rotatable bonds is 1. The van der Waals surface area contributed by atoms with Crippen molar-refractivity contribution in [2.45, 2.75) is 12.4 Å². The van der Waals surface area contributed by atoms with Crippen LogP contribution in [-0.2, 0) is 9.53 Å². The Bertz CT molecular complexity index is 248. The van der Waals surface area contributed by atoms with Crippen LogP contribution < -0.4 is 0 Å². The van der Waals surface area contributed by atoms with E-state index in [2.05, 4.69) is 4.74 Å². The Morgan fingerprint density at radius 3 is 1.79 bits per heavy atom. The summed E-state index contributed by atoms with van der Waals surface area (Å²) in [5.41, 5.74) is -2.38. The first-order valence-corrected chi connectivity index (χ1v) is 3.03. The molecule has 0 radical (unpaired) electrons. The van der Waals surface area contributed by atoms with Gasteiger partial charge in [-0.25, -0.2) is 4.79 Å². The molecule has 0 aromatic rings. The molecule has 0 aliphatic heterocycles. The van der Waals surface area contributed by atoms with Crippen molar-refractivity contribution in [3.8, 4) is 0 Å². The van der Waals surface area contributed by atoms with Gasteiger partial charge in [0, 0.05) is 6.08 Å². The number of halogens is 6. The Morgan fingerprint density at radius 1 is 1.14 bits per heavy atom. The summed E-state index contributed by atoms with van der Waals surface area (Å²) < 4.78 is 73.7. The molecule has 2 nitrogen and oxygen atoms in total. The van der Waals surface area contributed by atoms with Crippen LogP contribution in [0, 0.1) is 0 Å². The minimum absolute atomic E-state index is 0.554. The topological polar surface area (TPSA) is 26.3 Å². The minimum Gasteiger partial charge on any atom is -0.465 e. The molecule has 14 heavy (non-hydrogen) atoms. The first kappa shape index (κ1) is 12.8. The van der Waals surface area contributed by atoms with Crippen LogP contribution in [0.25, 0.3) is 0 Å². The fraction of sp³-hybridized carbons (Fsp3) is 0.500. The normalized spacial score (nSPS) is 14.1. The first-order chi connectivity index (χ1) is 6.08. The molecule has 8 heteroatoms. The molecule has 82 valence electrons. The van der Waals surface area contributed by atoms with Crippen molar-refractivity contribution in [2.75, 3.05) is 7.11 Å². The highest BCUT2D eigenvalue weighted by molar-refractivity contribution is 5.89. The number of hydrogen-bond acceptors (Lipinski definition) is 2. The monoisotopic (exact) mass is 222 g/mol. The van der Waals surface area contributed by atoms with Gasteiger partial charge in [-0.2, -0.15) is 26.3 Å². The van der Waals surface area contributed by atoms with Gasteiger partial charge in [-0.05, 0) is 0 Å². The molecule has 0 saturated heterocycles. The largest absolute Gasteiger partial charge is 0.465 e. The lowest BCUT2D eigenvalue weighted by molar-refractivity contribution is -0.150. The number of allylic oxidation sites excluding steroid dienone is 1. The van der Waals surface area contributed by atoms with E-state index >= 15 is 0 Å². The van der Waals surface area contributed by atoms with Gasteiger partial charge >= 0.3 is 18.3 Å². The van der Waals surface area contributed by atoms with E-state index in [0.29, 0.717) is 7.11 Å². The molecule has 0 N–H and O–H groups in total. The summed E-state index contributed by atoms with van der Waals surface area (Å²) in [5.74, 6) is -2.07. The van der Waals surface area contributed by atoms with Gasteiger partial charge in [-0.15, -0.1) is 0 Å². The Hall–Kier alpha value is -1.21. The van der Waals surface area contributed by atoms with Crippen molar-refractivity contribution in [3.05, 3.63) is 11.6 Å². The van der Waals surface area contributed by atoms with Crippen molar-refractivity contribution >= 4 is 5.97 Å². The number of alkyl halides is 6. The molecule has 0 bridgehead atoms. The highest BCUT2D eigenvalue weighted by Crippen LogP contribution is 2.30. The van der Waals surface area contributed by atoms with Crippen LogP contribution in [0.5, 0.6) is 0 Å². The van der Waals surface area contributed by atoms with Crippen LogP contribution in [0.3, 0.4) is 0 Å². The summed E-state index contributed by atoms with van der Waals surface area (Å²) in [5, 5.41) is 0. The first-order valence-electron chi connectivity index (χ1n) is 3.03. The predicted molar refractivity (Wildman–Crippen MR) is 32.2 cm³/mol. The fourth-order valence-electron chi connectivity index (χ4n) is 0.530. The molecule has 0 unspecified atom stereocenters. The molecule has 0 atom stereocenters. The van der Waals surface area contributed by atoms with Crippen LogP contribution in [0.1, 0.15) is 0 Å². The van der Waals surface area contributed by atoms with E-state index in [1.54, 1.807) is 0 Å². The molecule has 0 saturated carbocycles. The summed E-state index contributed by atoms with van der Waals surface area (Å²) in [6.07, 6.45) is -11.7. The second kappa shape index (κ2) is 3.89. The maximum absolute atomic E-state index is 11.8. The average Bonchev–Trinajstić information content (AvgIpc) is 1.95. The second-order valence-corrected chi connectivity index (χ2v) is 2.09. The average molecular weight is 222 g/mol. The Kier molecular flexibility index (Phi) is 3.55. The van der Waals surface area contributed by atoms with E-state index in [9.17, 15) is 31.1 Å². The Balaban J connectivity index is 5.13. The van der Waals surface area contributed by atoms with Crippen molar-refractivity contribution in [1.82, 2.24) is 0 Å². The van der Waals surface area contributed by atoms with E-state index in [0.717, 1.165) is 0 Å². The van der Waals surface area contributed by atoms with Crippen LogP contribution in [-0.4, -0.2) is 25.4 Å². The summed E-state index contributed by atoms with van der Waals surface area (Å²) >= 11 is 0. The van der Waals surface area contributed by atoms with E-state index in [1.807, 2.05) is 0 Å². The van der Waals surface area contributed by atoms with E-state index in [-0.39, 0.29) is 0 Å². The molecule has 0 aliphatic carbocycles. The summed E-state index contributed by atoms with van der Waals surface area (Å²) in [6.45, 7) is 0. The second-order valence-electron chi connectivity index (χ2n) is 2.09. The van der Waals surface area contributed by atoms with Crippen LogP contribution in [0.4, 0.5) is 26.3 Å². The molecule has 0 spiro atoms. The molecule has 0 aliphatic rings. The van der Waals surface area contributed by atoms with Gasteiger partial charge < -0.3 is 4.74 Å². The lowest BCUT2D eigenvalue weighted by Gasteiger charge is -2.10. The summed E-state index contributed by atoms with van der Waals surface area (Å²) in [6, 6.07) is 0. The van der Waals surface area contributed by atoms with Gasteiger partial charge in [0.25, 0.3) is 0 Å². The highest BCUT2D eigenvalue weighted by Gasteiger charge is 2.43. The third-order valence-electron chi connectivity index (χ3n) is 1.02. The fourth-order valence-corrected chi connectivity index (χ4v) is 0.530.